The molecule has 12 heavy (non-hydrogen) atoms. The summed E-state index contributed by atoms with van der Waals surface area (Å²) >= 11 is 0. The van der Waals surface area contributed by atoms with Crippen LogP contribution in [0.5, 0.6) is 0 Å². The number of esters is 1. The number of ether oxygens (including phenoxy) is 1. The molecule has 0 spiro atoms. The molecule has 0 bridgehead atoms. The van der Waals surface area contributed by atoms with E-state index in [9.17, 15) is 4.79 Å². The Balaban J connectivity index is 4.55. The third-order valence-electron chi connectivity index (χ3n) is 1.25. The molecule has 0 amide bonds. The molecule has 0 N–H and O–H groups in total. The molecular formula is C8H16N2O2. The molecule has 0 aliphatic heterocycles. The highest BCUT2D eigenvalue weighted by molar-refractivity contribution is 6.37. The Labute approximate surface area is 73.2 Å². The van der Waals surface area contributed by atoms with Crippen LogP contribution in [0.3, 0.4) is 0 Å². The first kappa shape index (κ1) is 10.9. The first-order chi connectivity index (χ1) is 5.49. The molecule has 0 aromatic carbocycles. The predicted octanol–water partition coefficient (Wildman–Crippen LogP) is 0.733. The van der Waals surface area contributed by atoms with Crippen LogP contribution in [0.2, 0.25) is 0 Å². The second-order valence-corrected chi connectivity index (χ2v) is 2.98. The van der Waals surface area contributed by atoms with E-state index in [-0.39, 0.29) is 11.9 Å². The third-order valence-corrected chi connectivity index (χ3v) is 1.25. The van der Waals surface area contributed by atoms with Gasteiger partial charge in [-0.2, -0.15) is 5.10 Å². The molecule has 4 heteroatoms. The van der Waals surface area contributed by atoms with Crippen LogP contribution in [-0.4, -0.2) is 37.9 Å². The number of methoxy groups -OCH3 is 1. The van der Waals surface area contributed by atoms with Gasteiger partial charge in [0.1, 0.15) is 5.71 Å². The molecule has 0 aliphatic rings. The van der Waals surface area contributed by atoms with Crippen molar-refractivity contribution in [3.63, 3.8) is 0 Å². The van der Waals surface area contributed by atoms with Gasteiger partial charge in [0.25, 0.3) is 0 Å². The van der Waals surface area contributed by atoms with Gasteiger partial charge in [0.05, 0.1) is 7.11 Å². The highest BCUT2D eigenvalue weighted by Crippen LogP contribution is 2.00. The number of hydrogen-bond donors (Lipinski definition) is 0. The summed E-state index contributed by atoms with van der Waals surface area (Å²) in [4.78, 5) is 11.1. The number of hydrogen-bond acceptors (Lipinski definition) is 4. The van der Waals surface area contributed by atoms with Crippen molar-refractivity contribution in [2.45, 2.75) is 13.8 Å². The van der Waals surface area contributed by atoms with Gasteiger partial charge in [-0.1, -0.05) is 13.8 Å². The zero-order valence-corrected chi connectivity index (χ0v) is 8.29. The number of carbonyl (C=O) groups is 1. The summed E-state index contributed by atoms with van der Waals surface area (Å²) in [6.07, 6.45) is 0. The summed E-state index contributed by atoms with van der Waals surface area (Å²) in [7, 11) is 4.90. The Morgan fingerprint density at radius 1 is 1.42 bits per heavy atom. The number of rotatable bonds is 3. The van der Waals surface area contributed by atoms with Gasteiger partial charge in [-0.3, -0.25) is 0 Å². The summed E-state index contributed by atoms with van der Waals surface area (Å²) < 4.78 is 4.58. The zero-order chi connectivity index (χ0) is 9.72. The van der Waals surface area contributed by atoms with Crippen molar-refractivity contribution < 1.29 is 9.53 Å². The van der Waals surface area contributed by atoms with Crippen molar-refractivity contribution in [2.75, 3.05) is 21.2 Å². The minimum absolute atomic E-state index is 0.0832. The molecule has 0 aromatic heterocycles. The van der Waals surface area contributed by atoms with Crippen LogP contribution in [0.15, 0.2) is 5.10 Å². The van der Waals surface area contributed by atoms with Crippen LogP contribution in [0.1, 0.15) is 13.8 Å². The topological polar surface area (TPSA) is 41.9 Å². The fraction of sp³-hybridized carbons (Fsp3) is 0.750. The summed E-state index contributed by atoms with van der Waals surface area (Å²) in [6.45, 7) is 3.80. The number of hydrazone groups is 1. The molecule has 0 aliphatic carbocycles. The standard InChI is InChI=1S/C8H16N2O2/c1-6(2)7(8(11)12-5)9-10(3)4/h6H,1-5H3/b9-7+. The Morgan fingerprint density at radius 2 is 1.92 bits per heavy atom. The summed E-state index contributed by atoms with van der Waals surface area (Å²) in [5, 5.41) is 5.61. The first-order valence-corrected chi connectivity index (χ1v) is 3.83. The Hall–Kier alpha value is -1.06. The lowest BCUT2D eigenvalue weighted by atomic mass is 10.1. The van der Waals surface area contributed by atoms with E-state index in [1.165, 1.54) is 7.11 Å². The molecule has 0 saturated heterocycles. The van der Waals surface area contributed by atoms with Crippen LogP contribution in [-0.2, 0) is 9.53 Å². The van der Waals surface area contributed by atoms with Crippen molar-refractivity contribution >= 4 is 11.7 Å². The predicted molar refractivity (Wildman–Crippen MR) is 48.0 cm³/mol. The van der Waals surface area contributed by atoms with Gasteiger partial charge in [-0.25, -0.2) is 4.79 Å². The lowest BCUT2D eigenvalue weighted by Crippen LogP contribution is -2.24. The Bertz CT molecular complexity index is 185. The lowest BCUT2D eigenvalue weighted by Gasteiger charge is -2.11. The molecular weight excluding hydrogens is 156 g/mol. The number of nitrogens with zero attached hydrogens (tertiary/aromatic N) is 2. The number of carbonyl (C=O) groups excluding carboxylic acids is 1. The van der Waals surface area contributed by atoms with E-state index in [1.54, 1.807) is 19.1 Å². The fourth-order valence-corrected chi connectivity index (χ4v) is 0.712. The molecule has 0 atom stereocenters. The van der Waals surface area contributed by atoms with Crippen LogP contribution in [0, 0.1) is 5.92 Å². The largest absolute Gasteiger partial charge is 0.464 e. The van der Waals surface area contributed by atoms with Gasteiger partial charge in [-0.05, 0) is 0 Å². The second-order valence-electron chi connectivity index (χ2n) is 2.98. The van der Waals surface area contributed by atoms with Gasteiger partial charge in [0.15, 0.2) is 0 Å². The molecule has 0 rings (SSSR count). The minimum Gasteiger partial charge on any atom is -0.464 e. The van der Waals surface area contributed by atoms with E-state index >= 15 is 0 Å². The molecule has 4 nitrogen and oxygen atoms in total. The summed E-state index contributed by atoms with van der Waals surface area (Å²) in [6, 6.07) is 0. The highest BCUT2D eigenvalue weighted by Gasteiger charge is 2.16. The fourth-order valence-electron chi connectivity index (χ4n) is 0.712. The smallest absolute Gasteiger partial charge is 0.354 e. The van der Waals surface area contributed by atoms with E-state index in [4.69, 9.17) is 0 Å². The molecule has 0 heterocycles. The van der Waals surface area contributed by atoms with E-state index in [0.29, 0.717) is 5.71 Å². The van der Waals surface area contributed by atoms with Gasteiger partial charge in [-0.15, -0.1) is 0 Å². The minimum atomic E-state index is -0.362. The quantitative estimate of drug-likeness (QED) is 0.358. The van der Waals surface area contributed by atoms with E-state index < -0.39 is 0 Å². The van der Waals surface area contributed by atoms with Gasteiger partial charge in [0, 0.05) is 20.0 Å². The maximum atomic E-state index is 11.1. The summed E-state index contributed by atoms with van der Waals surface area (Å²) in [5.41, 5.74) is 0.447. The van der Waals surface area contributed by atoms with Gasteiger partial charge < -0.3 is 9.75 Å². The second kappa shape index (κ2) is 4.74. The molecule has 0 radical (unpaired) electrons. The van der Waals surface area contributed by atoms with Gasteiger partial charge in [0.2, 0.25) is 0 Å². The molecule has 0 unspecified atom stereocenters. The molecule has 0 saturated carbocycles. The Morgan fingerprint density at radius 3 is 2.17 bits per heavy atom. The monoisotopic (exact) mass is 172 g/mol. The van der Waals surface area contributed by atoms with Crippen molar-refractivity contribution in [1.82, 2.24) is 5.01 Å². The zero-order valence-electron chi connectivity index (χ0n) is 8.29. The third kappa shape index (κ3) is 3.37. The van der Waals surface area contributed by atoms with Crippen LogP contribution < -0.4 is 0 Å². The summed E-state index contributed by atoms with van der Waals surface area (Å²) in [5.74, 6) is -0.279. The SMILES string of the molecule is COC(=O)/C(=N/N(C)C)C(C)C. The molecule has 0 fully saturated rings. The highest BCUT2D eigenvalue weighted by atomic mass is 16.5. The van der Waals surface area contributed by atoms with E-state index in [0.717, 1.165) is 0 Å². The van der Waals surface area contributed by atoms with Crippen LogP contribution in [0.4, 0.5) is 0 Å². The molecule has 70 valence electrons. The van der Waals surface area contributed by atoms with E-state index in [2.05, 4.69) is 9.84 Å². The van der Waals surface area contributed by atoms with Crippen molar-refractivity contribution in [1.29, 1.82) is 0 Å². The van der Waals surface area contributed by atoms with Gasteiger partial charge >= 0.3 is 5.97 Å². The maximum Gasteiger partial charge on any atom is 0.354 e. The van der Waals surface area contributed by atoms with Crippen molar-refractivity contribution in [2.24, 2.45) is 11.0 Å². The average Bonchev–Trinajstić information content (AvgIpc) is 1.98. The van der Waals surface area contributed by atoms with Crippen molar-refractivity contribution in [3.8, 4) is 0 Å². The van der Waals surface area contributed by atoms with E-state index in [1.807, 2.05) is 13.8 Å². The van der Waals surface area contributed by atoms with Crippen molar-refractivity contribution in [3.05, 3.63) is 0 Å². The Kier molecular flexibility index (Phi) is 4.33. The van der Waals surface area contributed by atoms with Crippen LogP contribution in [0.25, 0.3) is 0 Å². The maximum absolute atomic E-state index is 11.1. The first-order valence-electron chi connectivity index (χ1n) is 3.83. The lowest BCUT2D eigenvalue weighted by molar-refractivity contribution is -0.133. The molecule has 0 aromatic rings. The normalized spacial score (nSPS) is 11.7. The average molecular weight is 172 g/mol. The van der Waals surface area contributed by atoms with Crippen LogP contribution >= 0.6 is 0 Å².